The summed E-state index contributed by atoms with van der Waals surface area (Å²) in [5, 5.41) is 3.43. The third-order valence-corrected chi connectivity index (χ3v) is 3.31. The predicted octanol–water partition coefficient (Wildman–Crippen LogP) is 2.12. The molecule has 1 aliphatic rings. The Morgan fingerprint density at radius 1 is 1.30 bits per heavy atom. The summed E-state index contributed by atoms with van der Waals surface area (Å²) in [4.78, 5) is 10.7. The Hall–Kier alpha value is -2.14. The number of fused-ring (bicyclic) bond motifs is 1. The molecule has 0 unspecified atom stereocenters. The molecule has 1 aliphatic heterocycles. The van der Waals surface area contributed by atoms with Crippen LogP contribution in [0.2, 0.25) is 0 Å². The van der Waals surface area contributed by atoms with Gasteiger partial charge in [-0.05, 0) is 18.6 Å². The van der Waals surface area contributed by atoms with Crippen LogP contribution in [-0.2, 0) is 6.54 Å². The average molecular weight is 270 g/mol. The Bertz CT molecular complexity index is 588. The predicted molar refractivity (Wildman–Crippen MR) is 78.4 cm³/mol. The molecule has 0 spiro atoms. The molecule has 0 radical (unpaired) electrons. The van der Waals surface area contributed by atoms with Gasteiger partial charge in [0.25, 0.3) is 0 Å². The van der Waals surface area contributed by atoms with Crippen molar-refractivity contribution >= 4 is 11.5 Å². The van der Waals surface area contributed by atoms with Crippen molar-refractivity contribution in [3.05, 3.63) is 42.2 Å². The minimum atomic E-state index is 0.606. The highest BCUT2D eigenvalue weighted by Gasteiger charge is 2.17. The van der Waals surface area contributed by atoms with E-state index < -0.39 is 0 Å². The van der Waals surface area contributed by atoms with Gasteiger partial charge in [-0.15, -0.1) is 0 Å². The first-order valence-electron chi connectivity index (χ1n) is 6.89. The van der Waals surface area contributed by atoms with Crippen molar-refractivity contribution in [3.63, 3.8) is 0 Å². The van der Waals surface area contributed by atoms with Gasteiger partial charge in [0, 0.05) is 31.4 Å². The second kappa shape index (κ2) is 5.88. The summed E-state index contributed by atoms with van der Waals surface area (Å²) in [6.45, 7) is 5.24. The molecule has 0 bridgehead atoms. The highest BCUT2D eigenvalue weighted by molar-refractivity contribution is 5.64. The van der Waals surface area contributed by atoms with Crippen molar-refractivity contribution in [2.24, 2.45) is 0 Å². The van der Waals surface area contributed by atoms with Crippen molar-refractivity contribution in [3.8, 4) is 5.88 Å². The van der Waals surface area contributed by atoms with E-state index in [-0.39, 0.29) is 0 Å². The van der Waals surface area contributed by atoms with Crippen LogP contribution in [0, 0.1) is 0 Å². The lowest BCUT2D eigenvalue weighted by atomic mass is 10.1. The lowest BCUT2D eigenvalue weighted by Crippen LogP contribution is -2.25. The van der Waals surface area contributed by atoms with Crippen molar-refractivity contribution in [1.82, 2.24) is 15.3 Å². The van der Waals surface area contributed by atoms with Gasteiger partial charge >= 0.3 is 0 Å². The van der Waals surface area contributed by atoms with E-state index in [0.717, 1.165) is 25.5 Å². The number of rotatable bonds is 3. The summed E-state index contributed by atoms with van der Waals surface area (Å²) >= 11 is 0. The maximum Gasteiger partial charge on any atom is 0.218 e. The van der Waals surface area contributed by atoms with E-state index in [1.165, 1.54) is 11.3 Å². The summed E-state index contributed by atoms with van der Waals surface area (Å²) in [5.74, 6) is 1.49. The third-order valence-electron chi connectivity index (χ3n) is 3.31. The van der Waals surface area contributed by atoms with E-state index in [0.29, 0.717) is 12.5 Å². The number of ether oxygens (including phenoxy) is 1. The van der Waals surface area contributed by atoms with Gasteiger partial charge in [-0.1, -0.05) is 18.2 Å². The third kappa shape index (κ3) is 2.58. The molecule has 2 heterocycles. The van der Waals surface area contributed by atoms with E-state index >= 15 is 0 Å². The zero-order valence-electron chi connectivity index (χ0n) is 11.5. The zero-order chi connectivity index (χ0) is 13.8. The topological polar surface area (TPSA) is 50.3 Å². The van der Waals surface area contributed by atoms with E-state index in [1.54, 1.807) is 6.33 Å². The van der Waals surface area contributed by atoms with E-state index in [9.17, 15) is 0 Å². The fourth-order valence-electron chi connectivity index (χ4n) is 2.40. The standard InChI is InChI=1S/C15H18N4O/c1-2-20-15-9-14(17-11-18-15)19-8-7-16-10-12-5-3-4-6-13(12)19/h3-6,9,11,16H,2,7-8,10H2,1H3. The number of anilines is 2. The van der Waals surface area contributed by atoms with Crippen LogP contribution < -0.4 is 15.0 Å². The van der Waals surface area contributed by atoms with Gasteiger partial charge in [-0.25, -0.2) is 9.97 Å². The van der Waals surface area contributed by atoms with Crippen molar-refractivity contribution in [1.29, 1.82) is 0 Å². The summed E-state index contributed by atoms with van der Waals surface area (Å²) in [6.07, 6.45) is 1.56. The molecule has 5 heteroatoms. The molecule has 5 nitrogen and oxygen atoms in total. The molecule has 1 aromatic heterocycles. The summed E-state index contributed by atoms with van der Waals surface area (Å²) < 4.78 is 5.46. The van der Waals surface area contributed by atoms with Crippen LogP contribution in [0.1, 0.15) is 12.5 Å². The maximum absolute atomic E-state index is 5.46. The lowest BCUT2D eigenvalue weighted by molar-refractivity contribution is 0.326. The van der Waals surface area contributed by atoms with Crippen molar-refractivity contribution < 1.29 is 4.74 Å². The van der Waals surface area contributed by atoms with Crippen LogP contribution in [0.25, 0.3) is 0 Å². The molecule has 2 aromatic rings. The molecular formula is C15H18N4O. The molecule has 3 rings (SSSR count). The van der Waals surface area contributed by atoms with E-state index in [1.807, 2.05) is 13.0 Å². The van der Waals surface area contributed by atoms with Crippen molar-refractivity contribution in [2.45, 2.75) is 13.5 Å². The molecule has 0 atom stereocenters. The van der Waals surface area contributed by atoms with E-state index in [2.05, 4.69) is 44.5 Å². The number of aromatic nitrogens is 2. The fourth-order valence-corrected chi connectivity index (χ4v) is 2.40. The maximum atomic E-state index is 5.46. The number of nitrogens with zero attached hydrogens (tertiary/aromatic N) is 3. The van der Waals surface area contributed by atoms with Gasteiger partial charge in [0.2, 0.25) is 5.88 Å². The first kappa shape index (κ1) is 12.9. The average Bonchev–Trinajstić information content (AvgIpc) is 2.70. The second-order valence-corrected chi connectivity index (χ2v) is 4.60. The summed E-state index contributed by atoms with van der Waals surface area (Å²) in [7, 11) is 0. The van der Waals surface area contributed by atoms with Gasteiger partial charge in [-0.2, -0.15) is 0 Å². The molecule has 1 N–H and O–H groups in total. The molecule has 0 saturated carbocycles. The van der Waals surface area contributed by atoms with Gasteiger partial charge in [0.05, 0.1) is 6.61 Å². The smallest absolute Gasteiger partial charge is 0.218 e. The second-order valence-electron chi connectivity index (χ2n) is 4.60. The fraction of sp³-hybridized carbons (Fsp3) is 0.333. The quantitative estimate of drug-likeness (QED) is 0.925. The molecule has 0 fully saturated rings. The molecule has 0 amide bonds. The Morgan fingerprint density at radius 3 is 3.10 bits per heavy atom. The first-order chi connectivity index (χ1) is 9.88. The molecule has 1 aromatic carbocycles. The highest BCUT2D eigenvalue weighted by Crippen LogP contribution is 2.29. The molecule has 0 saturated heterocycles. The number of benzene rings is 1. The molecular weight excluding hydrogens is 252 g/mol. The minimum absolute atomic E-state index is 0.606. The monoisotopic (exact) mass is 270 g/mol. The Balaban J connectivity index is 1.98. The largest absolute Gasteiger partial charge is 0.478 e. The van der Waals surface area contributed by atoms with Gasteiger partial charge < -0.3 is 15.0 Å². The summed E-state index contributed by atoms with van der Waals surface area (Å²) in [5.41, 5.74) is 2.47. The zero-order valence-corrected chi connectivity index (χ0v) is 11.5. The van der Waals surface area contributed by atoms with Gasteiger partial charge in [-0.3, -0.25) is 0 Å². The number of para-hydroxylation sites is 1. The van der Waals surface area contributed by atoms with Crippen molar-refractivity contribution in [2.75, 3.05) is 24.6 Å². The van der Waals surface area contributed by atoms with Crippen LogP contribution in [0.3, 0.4) is 0 Å². The van der Waals surface area contributed by atoms with E-state index in [4.69, 9.17) is 4.74 Å². The van der Waals surface area contributed by atoms with Crippen LogP contribution in [-0.4, -0.2) is 29.7 Å². The Labute approximate surface area is 118 Å². The number of hydrogen-bond donors (Lipinski definition) is 1. The molecule has 0 aliphatic carbocycles. The SMILES string of the molecule is CCOc1cc(N2CCNCc3ccccc32)ncn1. The molecule has 104 valence electrons. The highest BCUT2D eigenvalue weighted by atomic mass is 16.5. The number of hydrogen-bond acceptors (Lipinski definition) is 5. The molecule has 20 heavy (non-hydrogen) atoms. The van der Waals surface area contributed by atoms with Gasteiger partial charge in [0.15, 0.2) is 0 Å². The van der Waals surface area contributed by atoms with Crippen LogP contribution in [0.15, 0.2) is 36.7 Å². The summed E-state index contributed by atoms with van der Waals surface area (Å²) in [6, 6.07) is 10.3. The lowest BCUT2D eigenvalue weighted by Gasteiger charge is -2.23. The van der Waals surface area contributed by atoms with Gasteiger partial charge in [0.1, 0.15) is 12.1 Å². The minimum Gasteiger partial charge on any atom is -0.478 e. The first-order valence-corrected chi connectivity index (χ1v) is 6.89. The number of nitrogens with one attached hydrogen (secondary N) is 1. The Morgan fingerprint density at radius 2 is 2.20 bits per heavy atom. The van der Waals surface area contributed by atoms with Crippen LogP contribution in [0.4, 0.5) is 11.5 Å². The van der Waals surface area contributed by atoms with Crippen LogP contribution >= 0.6 is 0 Å². The Kier molecular flexibility index (Phi) is 3.78. The normalized spacial score (nSPS) is 14.6. The van der Waals surface area contributed by atoms with Crippen LogP contribution in [0.5, 0.6) is 5.88 Å².